The summed E-state index contributed by atoms with van der Waals surface area (Å²) in [6.45, 7) is 0. The summed E-state index contributed by atoms with van der Waals surface area (Å²) in [7, 11) is 0. The molecule has 1 nitrogen and oxygen atoms in total. The summed E-state index contributed by atoms with van der Waals surface area (Å²) in [6.07, 6.45) is -0.788. The first-order chi connectivity index (χ1) is 8.08. The zero-order valence-electron chi connectivity index (χ0n) is 8.70. The van der Waals surface area contributed by atoms with Gasteiger partial charge in [0.05, 0.1) is 5.02 Å². The molecule has 0 saturated carbocycles. The first kappa shape index (κ1) is 12.6. The molecule has 0 bridgehead atoms. The van der Waals surface area contributed by atoms with E-state index in [4.69, 9.17) is 11.6 Å². The molecular weight excluding hydrogens is 306 g/mol. The van der Waals surface area contributed by atoms with Crippen molar-refractivity contribution in [3.05, 3.63) is 68.9 Å². The molecule has 0 fully saturated rings. The van der Waals surface area contributed by atoms with Crippen molar-refractivity contribution in [2.75, 3.05) is 0 Å². The van der Waals surface area contributed by atoms with Crippen LogP contribution in [-0.4, -0.2) is 5.11 Å². The number of hydrogen-bond donors (Lipinski definition) is 1. The molecule has 0 amide bonds. The third-order valence-electron chi connectivity index (χ3n) is 2.45. The molecule has 0 aliphatic carbocycles. The van der Waals surface area contributed by atoms with Gasteiger partial charge < -0.3 is 5.11 Å². The van der Waals surface area contributed by atoms with E-state index in [9.17, 15) is 9.50 Å². The fourth-order valence-corrected chi connectivity index (χ4v) is 2.03. The van der Waals surface area contributed by atoms with Crippen LogP contribution in [0.25, 0.3) is 0 Å². The van der Waals surface area contributed by atoms with Crippen LogP contribution in [0.4, 0.5) is 4.39 Å². The molecule has 1 unspecified atom stereocenters. The Hall–Kier alpha value is -0.900. The zero-order valence-corrected chi connectivity index (χ0v) is 11.0. The molecule has 2 aromatic carbocycles. The second-order valence-electron chi connectivity index (χ2n) is 3.63. The fourth-order valence-electron chi connectivity index (χ4n) is 1.52. The molecule has 4 heteroatoms. The maximum Gasteiger partial charge on any atom is 0.123 e. The third-order valence-corrected chi connectivity index (χ3v) is 3.66. The smallest absolute Gasteiger partial charge is 0.123 e. The van der Waals surface area contributed by atoms with Crippen molar-refractivity contribution in [2.24, 2.45) is 0 Å². The quantitative estimate of drug-likeness (QED) is 0.875. The Morgan fingerprint density at radius 2 is 1.65 bits per heavy atom. The summed E-state index contributed by atoms with van der Waals surface area (Å²) in [6, 6.07) is 10.9. The van der Waals surface area contributed by atoms with E-state index < -0.39 is 6.10 Å². The number of benzene rings is 2. The molecule has 0 spiro atoms. The van der Waals surface area contributed by atoms with Gasteiger partial charge in [-0.1, -0.05) is 29.8 Å². The molecule has 0 heterocycles. The highest BCUT2D eigenvalue weighted by atomic mass is 79.9. The largest absolute Gasteiger partial charge is 0.384 e. The van der Waals surface area contributed by atoms with Crippen molar-refractivity contribution >= 4 is 27.5 Å². The average molecular weight is 316 g/mol. The summed E-state index contributed by atoms with van der Waals surface area (Å²) >= 11 is 9.17. The number of aliphatic hydroxyl groups excluding tert-OH is 1. The van der Waals surface area contributed by atoms with Crippen LogP contribution in [0.3, 0.4) is 0 Å². The van der Waals surface area contributed by atoms with Crippen LogP contribution >= 0.6 is 27.5 Å². The third kappa shape index (κ3) is 2.86. The van der Waals surface area contributed by atoms with Gasteiger partial charge in [-0.25, -0.2) is 4.39 Å². The minimum atomic E-state index is -0.788. The molecule has 0 aliphatic heterocycles. The van der Waals surface area contributed by atoms with Gasteiger partial charge in [0.25, 0.3) is 0 Å². The summed E-state index contributed by atoms with van der Waals surface area (Å²) < 4.78 is 13.5. The standard InChI is InChI=1S/C13H9BrClFO/c14-11-7-9(3-6-12(11)15)13(17)8-1-4-10(16)5-2-8/h1-7,13,17H. The Kier molecular flexibility index (Phi) is 3.82. The minimum absolute atomic E-state index is 0.321. The van der Waals surface area contributed by atoms with Crippen LogP contribution < -0.4 is 0 Å². The molecular formula is C13H9BrClFO. The van der Waals surface area contributed by atoms with Crippen molar-refractivity contribution in [3.8, 4) is 0 Å². The first-order valence-electron chi connectivity index (χ1n) is 4.96. The summed E-state index contributed by atoms with van der Waals surface area (Å²) in [4.78, 5) is 0. The highest BCUT2D eigenvalue weighted by molar-refractivity contribution is 9.10. The van der Waals surface area contributed by atoms with Gasteiger partial charge in [-0.05, 0) is 51.3 Å². The molecule has 2 rings (SSSR count). The molecule has 1 N–H and O–H groups in total. The predicted octanol–water partition coefficient (Wildman–Crippen LogP) is 4.32. The Balaban J connectivity index is 2.33. The lowest BCUT2D eigenvalue weighted by molar-refractivity contribution is 0.220. The maximum atomic E-state index is 12.8. The summed E-state index contributed by atoms with van der Waals surface area (Å²) in [5.74, 6) is -0.321. The number of hydrogen-bond acceptors (Lipinski definition) is 1. The van der Waals surface area contributed by atoms with E-state index in [1.54, 1.807) is 30.3 Å². The van der Waals surface area contributed by atoms with Gasteiger partial charge in [0.2, 0.25) is 0 Å². The zero-order chi connectivity index (χ0) is 12.4. The van der Waals surface area contributed by atoms with Crippen molar-refractivity contribution < 1.29 is 9.50 Å². The Morgan fingerprint density at radius 3 is 2.24 bits per heavy atom. The number of rotatable bonds is 2. The average Bonchev–Trinajstić information content (AvgIpc) is 2.33. The predicted molar refractivity (Wildman–Crippen MR) is 69.6 cm³/mol. The van der Waals surface area contributed by atoms with Crippen LogP contribution in [0.2, 0.25) is 5.02 Å². The lowest BCUT2D eigenvalue weighted by Gasteiger charge is -2.12. The van der Waals surface area contributed by atoms with Gasteiger partial charge in [-0.2, -0.15) is 0 Å². The normalized spacial score (nSPS) is 12.5. The van der Waals surface area contributed by atoms with Crippen molar-refractivity contribution in [1.29, 1.82) is 0 Å². The van der Waals surface area contributed by atoms with Crippen LogP contribution in [0.1, 0.15) is 17.2 Å². The van der Waals surface area contributed by atoms with Crippen LogP contribution in [0, 0.1) is 5.82 Å². The van der Waals surface area contributed by atoms with Gasteiger partial charge in [0.15, 0.2) is 0 Å². The van der Waals surface area contributed by atoms with E-state index in [2.05, 4.69) is 15.9 Å². The minimum Gasteiger partial charge on any atom is -0.384 e. The molecule has 0 aromatic heterocycles. The van der Waals surface area contributed by atoms with Gasteiger partial charge >= 0.3 is 0 Å². The molecule has 0 aliphatic rings. The second-order valence-corrected chi connectivity index (χ2v) is 4.89. The topological polar surface area (TPSA) is 20.2 Å². The van der Waals surface area contributed by atoms with Gasteiger partial charge in [-0.3, -0.25) is 0 Å². The Bertz CT molecular complexity index is 527. The number of aliphatic hydroxyl groups is 1. The Morgan fingerprint density at radius 1 is 1.06 bits per heavy atom. The van der Waals surface area contributed by atoms with E-state index in [0.717, 1.165) is 4.47 Å². The van der Waals surface area contributed by atoms with E-state index >= 15 is 0 Å². The molecule has 88 valence electrons. The van der Waals surface area contributed by atoms with Crippen molar-refractivity contribution in [2.45, 2.75) is 6.10 Å². The lowest BCUT2D eigenvalue weighted by atomic mass is 10.0. The van der Waals surface area contributed by atoms with Crippen molar-refractivity contribution in [3.63, 3.8) is 0 Å². The summed E-state index contributed by atoms with van der Waals surface area (Å²) in [5, 5.41) is 10.7. The van der Waals surface area contributed by atoms with E-state index in [0.29, 0.717) is 16.1 Å². The van der Waals surface area contributed by atoms with Gasteiger partial charge in [0, 0.05) is 4.47 Å². The van der Waals surface area contributed by atoms with E-state index in [1.807, 2.05) is 0 Å². The molecule has 1 atom stereocenters. The fraction of sp³-hybridized carbons (Fsp3) is 0.0769. The van der Waals surface area contributed by atoms with Crippen molar-refractivity contribution in [1.82, 2.24) is 0 Å². The van der Waals surface area contributed by atoms with E-state index in [1.165, 1.54) is 12.1 Å². The molecule has 17 heavy (non-hydrogen) atoms. The lowest BCUT2D eigenvalue weighted by Crippen LogP contribution is -1.99. The highest BCUT2D eigenvalue weighted by Gasteiger charge is 2.11. The van der Waals surface area contributed by atoms with Gasteiger partial charge in [0.1, 0.15) is 11.9 Å². The summed E-state index contributed by atoms with van der Waals surface area (Å²) in [5.41, 5.74) is 1.34. The molecule has 0 saturated heterocycles. The highest BCUT2D eigenvalue weighted by Crippen LogP contribution is 2.29. The number of halogens is 3. The van der Waals surface area contributed by atoms with Crippen LogP contribution in [-0.2, 0) is 0 Å². The van der Waals surface area contributed by atoms with Crippen LogP contribution in [0.5, 0.6) is 0 Å². The first-order valence-corrected chi connectivity index (χ1v) is 6.13. The second kappa shape index (κ2) is 5.17. The Labute approximate surface area is 112 Å². The maximum absolute atomic E-state index is 12.8. The molecule has 0 radical (unpaired) electrons. The monoisotopic (exact) mass is 314 g/mol. The van der Waals surface area contributed by atoms with E-state index in [-0.39, 0.29) is 5.82 Å². The molecule has 2 aromatic rings. The van der Waals surface area contributed by atoms with Gasteiger partial charge in [-0.15, -0.1) is 0 Å². The van der Waals surface area contributed by atoms with Crippen LogP contribution in [0.15, 0.2) is 46.9 Å². The SMILES string of the molecule is OC(c1ccc(F)cc1)c1ccc(Cl)c(Br)c1.